The van der Waals surface area contributed by atoms with Crippen molar-refractivity contribution in [3.63, 3.8) is 0 Å². The molecule has 1 aromatic heterocycles. The van der Waals surface area contributed by atoms with Gasteiger partial charge >= 0.3 is 0 Å². The number of anilines is 1. The van der Waals surface area contributed by atoms with Crippen molar-refractivity contribution in [3.8, 4) is 0 Å². The maximum atomic E-state index is 13.3. The molecular formula is C18H22ClFN6O4S. The Morgan fingerprint density at radius 3 is 2.71 bits per heavy atom. The number of nitrogens with zero attached hydrogens (tertiary/aromatic N) is 3. The third-order valence-corrected chi connectivity index (χ3v) is 6.72. The van der Waals surface area contributed by atoms with Crippen LogP contribution in [-0.4, -0.2) is 53.4 Å². The van der Waals surface area contributed by atoms with Crippen LogP contribution in [0.2, 0.25) is 5.02 Å². The molecule has 10 nitrogen and oxygen atoms in total. The number of amides is 2. The standard InChI is InChI=1S/C18H22ClFN6O4S/c1-3-26-7-6-12(23-26)10-21-17(27)15-9-16(25(2)31(29,30)24-15)18(28)22-11-4-5-14(20)13(19)8-11/h4-8,15-16,24H,3,9-10H2,1-2H3,(H,21,27)(H,22,28). The molecule has 1 aromatic carbocycles. The smallest absolute Gasteiger partial charge is 0.280 e. The summed E-state index contributed by atoms with van der Waals surface area (Å²) in [5.41, 5.74) is 0.821. The predicted molar refractivity (Wildman–Crippen MR) is 112 cm³/mol. The van der Waals surface area contributed by atoms with Crippen molar-refractivity contribution in [3.05, 3.63) is 47.0 Å². The highest BCUT2D eigenvalue weighted by molar-refractivity contribution is 7.87. The van der Waals surface area contributed by atoms with E-state index in [0.717, 1.165) is 10.4 Å². The molecule has 1 saturated heterocycles. The Balaban J connectivity index is 1.69. The van der Waals surface area contributed by atoms with Crippen LogP contribution in [0, 0.1) is 5.82 Å². The van der Waals surface area contributed by atoms with Gasteiger partial charge in [-0.1, -0.05) is 11.6 Å². The number of rotatable bonds is 6. The number of hydrogen-bond donors (Lipinski definition) is 3. The van der Waals surface area contributed by atoms with E-state index >= 15 is 0 Å². The number of nitrogens with one attached hydrogen (secondary N) is 3. The lowest BCUT2D eigenvalue weighted by atomic mass is 10.1. The summed E-state index contributed by atoms with van der Waals surface area (Å²) in [6.45, 7) is 2.72. The maximum absolute atomic E-state index is 13.3. The molecule has 0 spiro atoms. The molecule has 3 rings (SSSR count). The summed E-state index contributed by atoms with van der Waals surface area (Å²) in [6, 6.07) is 3.02. The first-order valence-corrected chi connectivity index (χ1v) is 11.2. The largest absolute Gasteiger partial charge is 0.349 e. The van der Waals surface area contributed by atoms with E-state index in [0.29, 0.717) is 12.2 Å². The van der Waals surface area contributed by atoms with Gasteiger partial charge in [0.25, 0.3) is 10.2 Å². The summed E-state index contributed by atoms with van der Waals surface area (Å²) in [5, 5.41) is 9.19. The van der Waals surface area contributed by atoms with Gasteiger partial charge in [-0.25, -0.2) is 4.39 Å². The van der Waals surface area contributed by atoms with Gasteiger partial charge in [-0.2, -0.15) is 22.5 Å². The van der Waals surface area contributed by atoms with Crippen LogP contribution < -0.4 is 15.4 Å². The summed E-state index contributed by atoms with van der Waals surface area (Å²) >= 11 is 5.72. The zero-order chi connectivity index (χ0) is 22.8. The normalized spacial score (nSPS) is 20.9. The molecule has 3 N–H and O–H groups in total. The lowest BCUT2D eigenvalue weighted by Crippen LogP contribution is -2.62. The number of carbonyl (C=O) groups is 2. The van der Waals surface area contributed by atoms with E-state index in [2.05, 4.69) is 20.5 Å². The number of benzene rings is 1. The summed E-state index contributed by atoms with van der Waals surface area (Å²) in [7, 11) is -2.85. The second-order valence-electron chi connectivity index (χ2n) is 6.94. The van der Waals surface area contributed by atoms with E-state index < -0.39 is 39.9 Å². The fourth-order valence-electron chi connectivity index (χ4n) is 3.06. The molecule has 2 atom stereocenters. The quantitative estimate of drug-likeness (QED) is 0.575. The lowest BCUT2D eigenvalue weighted by Gasteiger charge is -2.35. The van der Waals surface area contributed by atoms with E-state index in [1.807, 2.05) is 6.92 Å². The Labute approximate surface area is 183 Å². The van der Waals surface area contributed by atoms with Gasteiger partial charge in [0.2, 0.25) is 11.8 Å². The van der Waals surface area contributed by atoms with Gasteiger partial charge in [-0.05, 0) is 37.6 Å². The molecule has 1 fully saturated rings. The summed E-state index contributed by atoms with van der Waals surface area (Å²) in [5.74, 6) is -1.90. The van der Waals surface area contributed by atoms with Gasteiger partial charge in [0.1, 0.15) is 17.9 Å². The van der Waals surface area contributed by atoms with Crippen molar-refractivity contribution in [1.29, 1.82) is 0 Å². The van der Waals surface area contributed by atoms with Crippen LogP contribution in [0.3, 0.4) is 0 Å². The van der Waals surface area contributed by atoms with Gasteiger partial charge in [0, 0.05) is 25.5 Å². The molecule has 31 heavy (non-hydrogen) atoms. The molecule has 1 aliphatic heterocycles. The second-order valence-corrected chi connectivity index (χ2v) is 9.11. The third-order valence-electron chi connectivity index (χ3n) is 4.84. The van der Waals surface area contributed by atoms with Crippen LogP contribution in [-0.2, 0) is 32.9 Å². The minimum absolute atomic E-state index is 0.105. The van der Waals surface area contributed by atoms with Crippen LogP contribution in [0.25, 0.3) is 0 Å². The van der Waals surface area contributed by atoms with Crippen LogP contribution in [0.4, 0.5) is 10.1 Å². The fraction of sp³-hybridized carbons (Fsp3) is 0.389. The van der Waals surface area contributed by atoms with Gasteiger partial charge in [-0.3, -0.25) is 14.3 Å². The van der Waals surface area contributed by atoms with E-state index in [4.69, 9.17) is 11.6 Å². The van der Waals surface area contributed by atoms with Crippen molar-refractivity contribution >= 4 is 39.3 Å². The number of hydrogen-bond acceptors (Lipinski definition) is 5. The summed E-state index contributed by atoms with van der Waals surface area (Å²) < 4.78 is 43.0. The second kappa shape index (κ2) is 9.30. The highest BCUT2D eigenvalue weighted by Crippen LogP contribution is 2.22. The van der Waals surface area contributed by atoms with E-state index in [1.54, 1.807) is 16.9 Å². The van der Waals surface area contributed by atoms with Crippen LogP contribution in [0.5, 0.6) is 0 Å². The highest BCUT2D eigenvalue weighted by Gasteiger charge is 2.42. The maximum Gasteiger partial charge on any atom is 0.280 e. The Bertz CT molecular complexity index is 1090. The van der Waals surface area contributed by atoms with E-state index in [-0.39, 0.29) is 23.7 Å². The molecule has 2 aromatic rings. The van der Waals surface area contributed by atoms with Gasteiger partial charge < -0.3 is 10.6 Å². The first-order chi connectivity index (χ1) is 14.6. The monoisotopic (exact) mass is 472 g/mol. The average molecular weight is 473 g/mol. The minimum atomic E-state index is -4.08. The van der Waals surface area contributed by atoms with E-state index in [9.17, 15) is 22.4 Å². The van der Waals surface area contributed by atoms with Gasteiger partial charge in [0.15, 0.2) is 0 Å². The molecule has 2 heterocycles. The fourth-order valence-corrected chi connectivity index (χ4v) is 4.48. The third kappa shape index (κ3) is 5.39. The van der Waals surface area contributed by atoms with Crippen LogP contribution >= 0.6 is 11.6 Å². The number of aryl methyl sites for hydroxylation is 1. The lowest BCUT2D eigenvalue weighted by molar-refractivity contribution is -0.124. The molecule has 13 heteroatoms. The Morgan fingerprint density at radius 2 is 2.06 bits per heavy atom. The zero-order valence-electron chi connectivity index (χ0n) is 16.8. The van der Waals surface area contributed by atoms with Crippen LogP contribution in [0.15, 0.2) is 30.5 Å². The van der Waals surface area contributed by atoms with Crippen LogP contribution in [0.1, 0.15) is 19.0 Å². The topological polar surface area (TPSA) is 125 Å². The molecule has 0 bridgehead atoms. The number of halogens is 2. The number of likely N-dealkylation sites (N-methyl/N-ethyl adjacent to an activating group) is 1. The number of aromatic nitrogens is 2. The Kier molecular flexibility index (Phi) is 6.94. The Morgan fingerprint density at radius 1 is 1.32 bits per heavy atom. The van der Waals surface area contributed by atoms with Crippen molar-refractivity contribution in [1.82, 2.24) is 24.1 Å². The van der Waals surface area contributed by atoms with Crippen molar-refractivity contribution < 1.29 is 22.4 Å². The van der Waals surface area contributed by atoms with Gasteiger partial charge in [-0.15, -0.1) is 0 Å². The molecule has 1 aliphatic rings. The number of carbonyl (C=O) groups excluding carboxylic acids is 2. The average Bonchev–Trinajstić information content (AvgIpc) is 3.18. The first kappa shape index (κ1) is 23.1. The molecule has 0 radical (unpaired) electrons. The molecular weight excluding hydrogens is 451 g/mol. The van der Waals surface area contributed by atoms with Crippen molar-refractivity contribution in [2.45, 2.75) is 38.5 Å². The van der Waals surface area contributed by atoms with Gasteiger partial charge in [0.05, 0.1) is 17.3 Å². The van der Waals surface area contributed by atoms with Crippen molar-refractivity contribution in [2.24, 2.45) is 0 Å². The first-order valence-electron chi connectivity index (χ1n) is 9.42. The van der Waals surface area contributed by atoms with E-state index in [1.165, 1.54) is 19.2 Å². The molecule has 0 saturated carbocycles. The summed E-state index contributed by atoms with van der Waals surface area (Å²) in [6.07, 6.45) is 1.66. The van der Waals surface area contributed by atoms with Crippen molar-refractivity contribution in [2.75, 3.05) is 12.4 Å². The minimum Gasteiger partial charge on any atom is -0.349 e. The predicted octanol–water partition coefficient (Wildman–Crippen LogP) is 0.857. The highest BCUT2D eigenvalue weighted by atomic mass is 35.5. The SMILES string of the molecule is CCn1ccc(CNC(=O)C2CC(C(=O)Nc3ccc(F)c(Cl)c3)N(C)S(=O)(=O)N2)n1. The molecule has 2 unspecified atom stereocenters. The molecule has 0 aliphatic carbocycles. The molecule has 2 amide bonds. The summed E-state index contributed by atoms with van der Waals surface area (Å²) in [4.78, 5) is 25.3. The Hall–Kier alpha value is -2.54. The molecule has 168 valence electrons. The zero-order valence-corrected chi connectivity index (χ0v) is 18.4.